The number of rotatable bonds is 4. The minimum Gasteiger partial charge on any atom is -0.497 e. The Morgan fingerprint density at radius 3 is 2.77 bits per heavy atom. The van der Waals surface area contributed by atoms with E-state index in [9.17, 15) is 4.79 Å². The zero-order valence-electron chi connectivity index (χ0n) is 13.3. The van der Waals surface area contributed by atoms with Crippen LogP contribution in [0.5, 0.6) is 5.75 Å². The van der Waals surface area contributed by atoms with E-state index >= 15 is 0 Å². The first kappa shape index (κ1) is 15.0. The lowest BCUT2D eigenvalue weighted by molar-refractivity contribution is 0.0826. The maximum atomic E-state index is 12.8. The lowest BCUT2D eigenvalue weighted by Gasteiger charge is -2.31. The van der Waals surface area contributed by atoms with E-state index in [0.717, 1.165) is 54.6 Å². The van der Waals surface area contributed by atoms with Gasteiger partial charge in [-0.2, -0.15) is 0 Å². The van der Waals surface area contributed by atoms with Crippen LogP contribution in [0.4, 0.5) is 0 Å². The molecule has 3 heteroatoms. The largest absolute Gasteiger partial charge is 0.497 e. The molecular weight excluding hydrogens is 274 g/mol. The Morgan fingerprint density at radius 1 is 1.23 bits per heavy atom. The van der Waals surface area contributed by atoms with Gasteiger partial charge >= 0.3 is 0 Å². The number of hydrogen-bond donors (Lipinski definition) is 0. The Labute approximate surface area is 131 Å². The van der Waals surface area contributed by atoms with Crippen molar-refractivity contribution in [1.82, 2.24) is 4.90 Å². The molecule has 1 saturated heterocycles. The van der Waals surface area contributed by atoms with Crippen LogP contribution in [0.2, 0.25) is 0 Å². The molecule has 0 aromatic heterocycles. The number of likely N-dealkylation sites (tertiary alicyclic amines) is 1. The van der Waals surface area contributed by atoms with Gasteiger partial charge in [-0.15, -0.1) is 0 Å². The number of methoxy groups -OCH3 is 1. The van der Waals surface area contributed by atoms with Crippen molar-refractivity contribution in [3.63, 3.8) is 0 Å². The second-order valence-corrected chi connectivity index (χ2v) is 6.02. The average Bonchev–Trinajstić information content (AvgIpc) is 2.60. The van der Waals surface area contributed by atoms with Gasteiger partial charge in [-0.25, -0.2) is 0 Å². The van der Waals surface area contributed by atoms with E-state index in [4.69, 9.17) is 4.74 Å². The molecule has 1 aliphatic rings. The quantitative estimate of drug-likeness (QED) is 0.805. The molecule has 1 atom stereocenters. The Balaban J connectivity index is 1.84. The van der Waals surface area contributed by atoms with Gasteiger partial charge in [0.05, 0.1) is 7.11 Å². The first-order chi connectivity index (χ1) is 10.7. The second-order valence-electron chi connectivity index (χ2n) is 6.02. The number of ketones is 1. The van der Waals surface area contributed by atoms with E-state index in [0.29, 0.717) is 0 Å². The number of hydrogen-bond acceptors (Lipinski definition) is 3. The van der Waals surface area contributed by atoms with Crippen molar-refractivity contribution in [2.45, 2.75) is 19.8 Å². The molecule has 0 N–H and O–H groups in total. The summed E-state index contributed by atoms with van der Waals surface area (Å²) in [5.41, 5.74) is 0.834. The molecule has 1 unspecified atom stereocenters. The van der Waals surface area contributed by atoms with Crippen molar-refractivity contribution in [1.29, 1.82) is 0 Å². The van der Waals surface area contributed by atoms with Crippen LogP contribution in [-0.4, -0.2) is 37.4 Å². The summed E-state index contributed by atoms with van der Waals surface area (Å²) in [6, 6.07) is 12.0. The van der Waals surface area contributed by atoms with Crippen LogP contribution in [-0.2, 0) is 0 Å². The van der Waals surface area contributed by atoms with Crippen molar-refractivity contribution in [2.75, 3.05) is 26.7 Å². The molecule has 0 bridgehead atoms. The van der Waals surface area contributed by atoms with Gasteiger partial charge in [-0.3, -0.25) is 4.79 Å². The SMILES string of the molecule is CCN1CCCC(C(=O)c2ccc3cc(OC)ccc3c2)C1. The number of carbonyl (C=O) groups is 1. The van der Waals surface area contributed by atoms with E-state index < -0.39 is 0 Å². The molecule has 1 fully saturated rings. The molecule has 3 nitrogen and oxygen atoms in total. The van der Waals surface area contributed by atoms with Gasteiger partial charge in [0.15, 0.2) is 5.78 Å². The molecule has 3 rings (SSSR count). The molecule has 2 aromatic rings. The highest BCUT2D eigenvalue weighted by Crippen LogP contribution is 2.25. The molecule has 1 aliphatic heterocycles. The van der Waals surface area contributed by atoms with E-state index in [1.807, 2.05) is 36.4 Å². The minimum absolute atomic E-state index is 0.143. The normalized spacial score (nSPS) is 19.3. The number of ether oxygens (including phenoxy) is 1. The second kappa shape index (κ2) is 6.49. The summed E-state index contributed by atoms with van der Waals surface area (Å²) in [5, 5.41) is 2.20. The zero-order chi connectivity index (χ0) is 15.5. The predicted molar refractivity (Wildman–Crippen MR) is 89.7 cm³/mol. The summed E-state index contributed by atoms with van der Waals surface area (Å²) in [7, 11) is 1.67. The highest BCUT2D eigenvalue weighted by atomic mass is 16.5. The fourth-order valence-electron chi connectivity index (χ4n) is 3.30. The molecule has 2 aromatic carbocycles. The van der Waals surface area contributed by atoms with Crippen LogP contribution in [0, 0.1) is 5.92 Å². The fourth-order valence-corrected chi connectivity index (χ4v) is 3.30. The number of nitrogens with zero attached hydrogens (tertiary/aromatic N) is 1. The first-order valence-electron chi connectivity index (χ1n) is 8.05. The van der Waals surface area contributed by atoms with Crippen LogP contribution in [0.1, 0.15) is 30.1 Å². The highest BCUT2D eigenvalue weighted by Gasteiger charge is 2.25. The van der Waals surface area contributed by atoms with Gasteiger partial charge in [-0.05, 0) is 54.9 Å². The van der Waals surface area contributed by atoms with Gasteiger partial charge in [0.2, 0.25) is 0 Å². The fraction of sp³-hybridized carbons (Fsp3) is 0.421. The lowest BCUT2D eigenvalue weighted by Crippen LogP contribution is -2.38. The summed E-state index contributed by atoms with van der Waals surface area (Å²) >= 11 is 0. The van der Waals surface area contributed by atoms with Crippen molar-refractivity contribution < 1.29 is 9.53 Å². The summed E-state index contributed by atoms with van der Waals surface area (Å²) in [5.74, 6) is 1.28. The monoisotopic (exact) mass is 297 g/mol. The third kappa shape index (κ3) is 3.00. The van der Waals surface area contributed by atoms with Crippen LogP contribution >= 0.6 is 0 Å². The number of piperidine rings is 1. The summed E-state index contributed by atoms with van der Waals surface area (Å²) < 4.78 is 5.25. The third-order valence-electron chi connectivity index (χ3n) is 4.66. The Morgan fingerprint density at radius 2 is 2.00 bits per heavy atom. The molecular formula is C19H23NO2. The van der Waals surface area contributed by atoms with Crippen LogP contribution < -0.4 is 4.74 Å². The van der Waals surface area contributed by atoms with Crippen molar-refractivity contribution in [3.05, 3.63) is 42.0 Å². The standard InChI is InChI=1S/C19H23NO2/c1-3-20-10-4-5-17(13-20)19(21)16-7-6-15-12-18(22-2)9-8-14(15)11-16/h6-9,11-12,17H,3-5,10,13H2,1-2H3. The van der Waals surface area contributed by atoms with Gasteiger partial charge < -0.3 is 9.64 Å². The molecule has 1 heterocycles. The maximum absolute atomic E-state index is 12.8. The third-order valence-corrected chi connectivity index (χ3v) is 4.66. The lowest BCUT2D eigenvalue weighted by atomic mass is 9.89. The van der Waals surface area contributed by atoms with Gasteiger partial charge in [0.1, 0.15) is 5.75 Å². The van der Waals surface area contributed by atoms with Gasteiger partial charge in [0.25, 0.3) is 0 Å². The van der Waals surface area contributed by atoms with Crippen molar-refractivity contribution in [3.8, 4) is 5.75 Å². The first-order valence-corrected chi connectivity index (χ1v) is 8.05. The van der Waals surface area contributed by atoms with E-state index in [-0.39, 0.29) is 11.7 Å². The number of fused-ring (bicyclic) bond motifs is 1. The van der Waals surface area contributed by atoms with Crippen LogP contribution in [0.15, 0.2) is 36.4 Å². The summed E-state index contributed by atoms with van der Waals surface area (Å²) in [6.07, 6.45) is 2.13. The Kier molecular flexibility index (Phi) is 4.44. The Hall–Kier alpha value is -1.87. The smallest absolute Gasteiger partial charge is 0.167 e. The minimum atomic E-state index is 0.143. The summed E-state index contributed by atoms with van der Waals surface area (Å²) in [4.78, 5) is 15.1. The Bertz CT molecular complexity index is 680. The van der Waals surface area contributed by atoms with Crippen LogP contribution in [0.3, 0.4) is 0 Å². The molecule has 22 heavy (non-hydrogen) atoms. The van der Waals surface area contributed by atoms with E-state index in [2.05, 4.69) is 11.8 Å². The zero-order valence-corrected chi connectivity index (χ0v) is 13.3. The molecule has 0 spiro atoms. The summed E-state index contributed by atoms with van der Waals surface area (Å²) in [6.45, 7) is 5.21. The topological polar surface area (TPSA) is 29.5 Å². The number of Topliss-reactive ketones (excluding diaryl/α,β-unsaturated/α-hetero) is 1. The van der Waals surface area contributed by atoms with Crippen LogP contribution in [0.25, 0.3) is 10.8 Å². The number of benzene rings is 2. The maximum Gasteiger partial charge on any atom is 0.167 e. The van der Waals surface area contributed by atoms with Gasteiger partial charge in [-0.1, -0.05) is 25.1 Å². The number of carbonyl (C=O) groups excluding carboxylic acids is 1. The van der Waals surface area contributed by atoms with Crippen molar-refractivity contribution >= 4 is 16.6 Å². The molecule has 0 radical (unpaired) electrons. The molecule has 0 aliphatic carbocycles. The van der Waals surface area contributed by atoms with E-state index in [1.54, 1.807) is 7.11 Å². The molecule has 116 valence electrons. The van der Waals surface area contributed by atoms with E-state index in [1.165, 1.54) is 0 Å². The molecule has 0 amide bonds. The predicted octanol–water partition coefficient (Wildman–Crippen LogP) is 3.76. The van der Waals surface area contributed by atoms with Gasteiger partial charge in [0, 0.05) is 18.0 Å². The van der Waals surface area contributed by atoms with Crippen molar-refractivity contribution in [2.24, 2.45) is 5.92 Å². The average molecular weight is 297 g/mol. The highest BCUT2D eigenvalue weighted by molar-refractivity contribution is 6.01. The molecule has 0 saturated carbocycles.